The number of aromatic nitrogens is 2. The second-order valence-electron chi connectivity index (χ2n) is 6.17. The first-order valence-corrected chi connectivity index (χ1v) is 8.11. The van der Waals surface area contributed by atoms with E-state index >= 15 is 0 Å². The molecule has 0 amide bonds. The van der Waals surface area contributed by atoms with Crippen molar-refractivity contribution in [1.29, 1.82) is 0 Å². The Bertz CT molecular complexity index is 631. The van der Waals surface area contributed by atoms with Gasteiger partial charge in [0.2, 0.25) is 0 Å². The Balaban J connectivity index is 2.05. The molecule has 0 radical (unpaired) electrons. The van der Waals surface area contributed by atoms with Crippen molar-refractivity contribution in [3.63, 3.8) is 0 Å². The van der Waals surface area contributed by atoms with Crippen molar-refractivity contribution < 1.29 is 4.74 Å². The fourth-order valence-electron chi connectivity index (χ4n) is 3.65. The van der Waals surface area contributed by atoms with E-state index in [1.807, 2.05) is 6.92 Å². The molecule has 1 aromatic heterocycles. The molecule has 5 nitrogen and oxygen atoms in total. The van der Waals surface area contributed by atoms with E-state index < -0.39 is 5.69 Å². The Kier molecular flexibility index (Phi) is 4.22. The molecule has 1 aliphatic heterocycles. The summed E-state index contributed by atoms with van der Waals surface area (Å²) < 4.78 is 6.88. The molecule has 2 atom stereocenters. The van der Waals surface area contributed by atoms with Crippen molar-refractivity contribution in [3.8, 4) is 0 Å². The lowest BCUT2D eigenvalue weighted by atomic mass is 9.99. The monoisotopic (exact) mass is 312 g/mol. The van der Waals surface area contributed by atoms with Crippen molar-refractivity contribution in [3.05, 3.63) is 31.6 Å². The molecule has 116 valence electrons. The zero-order valence-electron chi connectivity index (χ0n) is 12.2. The van der Waals surface area contributed by atoms with Gasteiger partial charge in [0, 0.05) is 12.6 Å². The third-order valence-electron chi connectivity index (χ3n) is 4.71. The minimum atomic E-state index is -0.397. The van der Waals surface area contributed by atoms with Crippen LogP contribution >= 0.6 is 11.6 Å². The van der Waals surface area contributed by atoms with Crippen molar-refractivity contribution in [1.82, 2.24) is 9.55 Å². The van der Waals surface area contributed by atoms with Crippen LogP contribution in [0.25, 0.3) is 0 Å². The van der Waals surface area contributed by atoms with Gasteiger partial charge in [0.25, 0.3) is 5.56 Å². The van der Waals surface area contributed by atoms with Crippen molar-refractivity contribution >= 4 is 11.6 Å². The van der Waals surface area contributed by atoms with Crippen LogP contribution in [-0.4, -0.2) is 22.3 Å². The number of nitrogens with zero attached hydrogens (tertiary/aromatic N) is 1. The minimum Gasteiger partial charge on any atom is -0.378 e. The van der Waals surface area contributed by atoms with E-state index in [-0.39, 0.29) is 28.8 Å². The molecular weight excluding hydrogens is 292 g/mol. The van der Waals surface area contributed by atoms with Crippen LogP contribution in [0.3, 0.4) is 0 Å². The average Bonchev–Trinajstić information content (AvgIpc) is 2.92. The molecule has 1 saturated carbocycles. The number of hydrogen-bond acceptors (Lipinski definition) is 3. The highest BCUT2D eigenvalue weighted by molar-refractivity contribution is 6.30. The van der Waals surface area contributed by atoms with Gasteiger partial charge in [0.15, 0.2) is 0 Å². The summed E-state index contributed by atoms with van der Waals surface area (Å²) in [5.74, 6) is 0.186. The number of ether oxygens (including phenoxy) is 1. The van der Waals surface area contributed by atoms with E-state index in [4.69, 9.17) is 16.3 Å². The number of rotatable bonds is 2. The van der Waals surface area contributed by atoms with Crippen LogP contribution in [-0.2, 0) is 4.74 Å². The van der Waals surface area contributed by atoms with Crippen LogP contribution in [0.2, 0.25) is 5.15 Å². The fourth-order valence-corrected chi connectivity index (χ4v) is 3.96. The Morgan fingerprint density at radius 2 is 1.95 bits per heavy atom. The number of H-pyrrole nitrogens is 1. The topological polar surface area (TPSA) is 64.1 Å². The Morgan fingerprint density at radius 3 is 2.62 bits per heavy atom. The summed E-state index contributed by atoms with van der Waals surface area (Å²) in [6.07, 6.45) is 5.65. The Morgan fingerprint density at radius 1 is 1.24 bits per heavy atom. The largest absolute Gasteiger partial charge is 0.378 e. The zero-order valence-corrected chi connectivity index (χ0v) is 13.0. The summed E-state index contributed by atoms with van der Waals surface area (Å²) in [6.45, 7) is 2.55. The van der Waals surface area contributed by atoms with Crippen LogP contribution in [0.5, 0.6) is 0 Å². The van der Waals surface area contributed by atoms with E-state index in [0.717, 1.165) is 25.7 Å². The lowest BCUT2D eigenvalue weighted by Gasteiger charge is -2.28. The predicted molar refractivity (Wildman–Crippen MR) is 81.2 cm³/mol. The normalized spacial score (nSPS) is 27.1. The second kappa shape index (κ2) is 5.97. The maximum Gasteiger partial charge on any atom is 0.329 e. The third-order valence-corrected chi connectivity index (χ3v) is 5.01. The first kappa shape index (κ1) is 14.9. The van der Waals surface area contributed by atoms with E-state index in [0.29, 0.717) is 25.0 Å². The molecule has 2 fully saturated rings. The maximum atomic E-state index is 12.8. The average molecular weight is 313 g/mol. The number of hydrogen-bond donors (Lipinski definition) is 1. The Hall–Kier alpha value is -1.07. The summed E-state index contributed by atoms with van der Waals surface area (Å²) >= 11 is 6.16. The van der Waals surface area contributed by atoms with Crippen LogP contribution in [0.4, 0.5) is 0 Å². The molecule has 21 heavy (non-hydrogen) atoms. The summed E-state index contributed by atoms with van der Waals surface area (Å²) in [5.41, 5.74) is 0.00788. The van der Waals surface area contributed by atoms with Gasteiger partial charge in [-0.05, 0) is 38.5 Å². The van der Waals surface area contributed by atoms with Gasteiger partial charge in [-0.1, -0.05) is 24.4 Å². The van der Waals surface area contributed by atoms with Crippen molar-refractivity contribution in [2.24, 2.45) is 0 Å². The first-order chi connectivity index (χ1) is 10.1. The minimum absolute atomic E-state index is 0.0701. The fraction of sp³-hybridized carbons (Fsp3) is 0.733. The predicted octanol–water partition coefficient (Wildman–Crippen LogP) is 2.59. The molecule has 0 bridgehead atoms. The number of aromatic amines is 1. The van der Waals surface area contributed by atoms with Gasteiger partial charge in [-0.25, -0.2) is 4.79 Å². The van der Waals surface area contributed by atoms with Crippen molar-refractivity contribution in [2.45, 2.75) is 63.5 Å². The summed E-state index contributed by atoms with van der Waals surface area (Å²) in [6, 6.07) is -0.0950. The molecule has 2 unspecified atom stereocenters. The standard InChI is InChI=1S/C15H21ClN2O3/c1-9-8-11(6-7-21-9)18-14(19)12(10-4-2-3-5-10)13(16)17-15(18)20/h9-11H,2-8H2,1H3,(H,17,20). The molecular formula is C15H21ClN2O3. The number of nitrogens with one attached hydrogen (secondary N) is 1. The molecule has 3 rings (SSSR count). The third kappa shape index (κ3) is 2.81. The molecule has 6 heteroatoms. The van der Waals surface area contributed by atoms with Crippen molar-refractivity contribution in [2.75, 3.05) is 6.61 Å². The van der Waals surface area contributed by atoms with Gasteiger partial charge in [-0.2, -0.15) is 0 Å². The summed E-state index contributed by atoms with van der Waals surface area (Å²) in [4.78, 5) is 27.7. The van der Waals surface area contributed by atoms with Gasteiger partial charge in [-0.3, -0.25) is 14.3 Å². The summed E-state index contributed by atoms with van der Waals surface area (Å²) in [5, 5.41) is 0.230. The lowest BCUT2D eigenvalue weighted by molar-refractivity contribution is 0.00433. The van der Waals surface area contributed by atoms with Gasteiger partial charge in [0.05, 0.1) is 11.7 Å². The maximum absolute atomic E-state index is 12.8. The summed E-state index contributed by atoms with van der Waals surface area (Å²) in [7, 11) is 0. The van der Waals surface area contributed by atoms with Gasteiger partial charge in [-0.15, -0.1) is 0 Å². The molecule has 1 aromatic rings. The van der Waals surface area contributed by atoms with E-state index in [1.165, 1.54) is 4.57 Å². The number of halogens is 1. The van der Waals surface area contributed by atoms with E-state index in [9.17, 15) is 9.59 Å². The first-order valence-electron chi connectivity index (χ1n) is 7.73. The highest BCUT2D eigenvalue weighted by atomic mass is 35.5. The molecule has 2 aliphatic rings. The second-order valence-corrected chi connectivity index (χ2v) is 6.55. The van der Waals surface area contributed by atoms with Gasteiger partial charge < -0.3 is 4.74 Å². The molecule has 1 N–H and O–H groups in total. The lowest BCUT2D eigenvalue weighted by Crippen LogP contribution is -2.43. The highest BCUT2D eigenvalue weighted by Crippen LogP contribution is 2.35. The molecule has 2 heterocycles. The van der Waals surface area contributed by atoms with Crippen LogP contribution in [0, 0.1) is 0 Å². The smallest absolute Gasteiger partial charge is 0.329 e. The van der Waals surface area contributed by atoms with Crippen LogP contribution in [0.1, 0.15) is 63.0 Å². The molecule has 1 aliphatic carbocycles. The molecule has 0 spiro atoms. The molecule has 1 saturated heterocycles. The van der Waals surface area contributed by atoms with Gasteiger partial charge in [0.1, 0.15) is 5.15 Å². The Labute approximate surface area is 128 Å². The van der Waals surface area contributed by atoms with Gasteiger partial charge >= 0.3 is 5.69 Å². The highest BCUT2D eigenvalue weighted by Gasteiger charge is 2.29. The van der Waals surface area contributed by atoms with Crippen LogP contribution < -0.4 is 11.2 Å². The zero-order chi connectivity index (χ0) is 15.0. The SMILES string of the molecule is CC1CC(n2c(=O)[nH]c(Cl)c(C3CCCC3)c2=O)CCO1. The van der Waals surface area contributed by atoms with E-state index in [2.05, 4.69) is 4.98 Å². The van der Waals surface area contributed by atoms with Crippen LogP contribution in [0.15, 0.2) is 9.59 Å². The quantitative estimate of drug-likeness (QED) is 0.854. The van der Waals surface area contributed by atoms with E-state index in [1.54, 1.807) is 0 Å². The molecule has 0 aromatic carbocycles.